The molecule has 0 fully saturated rings. The van der Waals surface area contributed by atoms with Gasteiger partial charge in [-0.25, -0.2) is 4.98 Å². The summed E-state index contributed by atoms with van der Waals surface area (Å²) >= 11 is 1.51. The molecule has 0 radical (unpaired) electrons. The molecule has 0 aliphatic heterocycles. The Kier molecular flexibility index (Phi) is 3.90. The van der Waals surface area contributed by atoms with Crippen LogP contribution in [-0.2, 0) is 5.75 Å². The van der Waals surface area contributed by atoms with Gasteiger partial charge in [0.25, 0.3) is 5.22 Å². The number of benzene rings is 1. The Morgan fingerprint density at radius 1 is 1.50 bits per heavy atom. The molecule has 18 heavy (non-hydrogen) atoms. The number of thioether (sulfide) groups is 1. The van der Waals surface area contributed by atoms with Crippen molar-refractivity contribution in [1.29, 1.82) is 5.26 Å². The summed E-state index contributed by atoms with van der Waals surface area (Å²) in [6, 6.07) is 7.62. The SMILES string of the molecule is COc1cc(CSc2nc(C)co2)ccc1C#N. The number of oxazole rings is 1. The lowest BCUT2D eigenvalue weighted by Gasteiger charge is -2.05. The van der Waals surface area contributed by atoms with Crippen LogP contribution in [0.5, 0.6) is 5.75 Å². The maximum Gasteiger partial charge on any atom is 0.256 e. The minimum absolute atomic E-state index is 0.540. The van der Waals surface area contributed by atoms with Gasteiger partial charge in [-0.05, 0) is 24.6 Å². The molecule has 2 rings (SSSR count). The molecule has 1 aromatic heterocycles. The van der Waals surface area contributed by atoms with E-state index in [9.17, 15) is 0 Å². The third-order valence-corrected chi connectivity index (χ3v) is 3.26. The zero-order valence-electron chi connectivity index (χ0n) is 10.1. The molecule has 1 aromatic carbocycles. The van der Waals surface area contributed by atoms with Gasteiger partial charge in [0.15, 0.2) is 0 Å². The summed E-state index contributed by atoms with van der Waals surface area (Å²) in [7, 11) is 1.56. The van der Waals surface area contributed by atoms with E-state index in [0.29, 0.717) is 16.5 Å². The monoisotopic (exact) mass is 260 g/mol. The maximum absolute atomic E-state index is 8.89. The molecule has 0 N–H and O–H groups in total. The van der Waals surface area contributed by atoms with Crippen LogP contribution < -0.4 is 4.74 Å². The zero-order chi connectivity index (χ0) is 13.0. The number of methoxy groups -OCH3 is 1. The summed E-state index contributed by atoms with van der Waals surface area (Å²) in [6.07, 6.45) is 1.63. The van der Waals surface area contributed by atoms with Crippen LogP contribution in [0.1, 0.15) is 16.8 Å². The lowest BCUT2D eigenvalue weighted by atomic mass is 10.1. The van der Waals surface area contributed by atoms with Gasteiger partial charge in [0.2, 0.25) is 0 Å². The highest BCUT2D eigenvalue weighted by molar-refractivity contribution is 7.98. The summed E-state index contributed by atoms with van der Waals surface area (Å²) in [5, 5.41) is 9.54. The highest BCUT2D eigenvalue weighted by Gasteiger charge is 2.06. The minimum Gasteiger partial charge on any atom is -0.495 e. The summed E-state index contributed by atoms with van der Waals surface area (Å²) in [5.74, 6) is 1.32. The Balaban J connectivity index is 2.08. The van der Waals surface area contributed by atoms with Crippen molar-refractivity contribution in [1.82, 2.24) is 4.98 Å². The quantitative estimate of drug-likeness (QED) is 0.790. The van der Waals surface area contributed by atoms with Crippen molar-refractivity contribution in [2.45, 2.75) is 17.9 Å². The minimum atomic E-state index is 0.540. The first-order chi connectivity index (χ1) is 8.72. The largest absolute Gasteiger partial charge is 0.495 e. The van der Waals surface area contributed by atoms with Crippen LogP contribution in [0, 0.1) is 18.3 Å². The fourth-order valence-corrected chi connectivity index (χ4v) is 2.26. The number of hydrogen-bond acceptors (Lipinski definition) is 5. The first kappa shape index (κ1) is 12.5. The summed E-state index contributed by atoms with van der Waals surface area (Å²) in [6.45, 7) is 1.89. The first-order valence-corrected chi connectivity index (χ1v) is 6.33. The summed E-state index contributed by atoms with van der Waals surface area (Å²) in [5.41, 5.74) is 2.47. The highest BCUT2D eigenvalue weighted by Crippen LogP contribution is 2.25. The highest BCUT2D eigenvalue weighted by atomic mass is 32.2. The van der Waals surface area contributed by atoms with Crippen LogP contribution in [0.3, 0.4) is 0 Å². The van der Waals surface area contributed by atoms with Crippen LogP contribution >= 0.6 is 11.8 Å². The van der Waals surface area contributed by atoms with E-state index in [0.717, 1.165) is 17.0 Å². The molecule has 5 heteroatoms. The standard InChI is InChI=1S/C13H12N2O2S/c1-9-7-17-13(15-9)18-8-10-3-4-11(6-14)12(5-10)16-2/h3-5,7H,8H2,1-2H3. The molecule has 0 saturated heterocycles. The predicted molar refractivity (Wildman–Crippen MR) is 68.5 cm³/mol. The smallest absolute Gasteiger partial charge is 0.256 e. The molecule has 2 aromatic rings. The summed E-state index contributed by atoms with van der Waals surface area (Å²) < 4.78 is 10.4. The molecule has 1 heterocycles. The lowest BCUT2D eigenvalue weighted by Crippen LogP contribution is -1.90. The van der Waals surface area contributed by atoms with Gasteiger partial charge < -0.3 is 9.15 Å². The Labute approximate surface area is 110 Å². The topological polar surface area (TPSA) is 59.1 Å². The maximum atomic E-state index is 8.89. The molecule has 0 amide bonds. The van der Waals surface area contributed by atoms with Crippen molar-refractivity contribution in [2.24, 2.45) is 0 Å². The summed E-state index contributed by atoms with van der Waals surface area (Å²) in [4.78, 5) is 4.21. The fraction of sp³-hybridized carbons (Fsp3) is 0.231. The van der Waals surface area contributed by atoms with Crippen LogP contribution in [0.15, 0.2) is 34.1 Å². The number of aryl methyl sites for hydroxylation is 1. The van der Waals surface area contributed by atoms with E-state index in [1.165, 1.54) is 11.8 Å². The second-order valence-electron chi connectivity index (χ2n) is 3.69. The van der Waals surface area contributed by atoms with Crippen molar-refractivity contribution < 1.29 is 9.15 Å². The van der Waals surface area contributed by atoms with Gasteiger partial charge in [-0.15, -0.1) is 0 Å². The van der Waals surface area contributed by atoms with Crippen LogP contribution in [0.25, 0.3) is 0 Å². The molecule has 92 valence electrons. The van der Waals surface area contributed by atoms with Gasteiger partial charge in [-0.3, -0.25) is 0 Å². The fourth-order valence-electron chi connectivity index (χ4n) is 1.46. The first-order valence-electron chi connectivity index (χ1n) is 5.35. The van der Waals surface area contributed by atoms with Crippen molar-refractivity contribution in [2.75, 3.05) is 7.11 Å². The Bertz CT molecular complexity index is 587. The van der Waals surface area contributed by atoms with Crippen molar-refractivity contribution in [3.8, 4) is 11.8 Å². The molecular weight excluding hydrogens is 248 g/mol. The van der Waals surface area contributed by atoms with Crippen LogP contribution in [0.4, 0.5) is 0 Å². The van der Waals surface area contributed by atoms with Crippen molar-refractivity contribution in [3.05, 3.63) is 41.3 Å². The van der Waals surface area contributed by atoms with E-state index in [4.69, 9.17) is 14.4 Å². The average molecular weight is 260 g/mol. The molecule has 0 aliphatic carbocycles. The zero-order valence-corrected chi connectivity index (χ0v) is 11.0. The van der Waals surface area contributed by atoms with E-state index >= 15 is 0 Å². The number of nitrogens with zero attached hydrogens (tertiary/aromatic N) is 2. The van der Waals surface area contributed by atoms with E-state index < -0.39 is 0 Å². The number of ether oxygens (including phenoxy) is 1. The van der Waals surface area contributed by atoms with Crippen LogP contribution in [0.2, 0.25) is 0 Å². The molecule has 0 atom stereocenters. The molecule has 0 spiro atoms. The second kappa shape index (κ2) is 5.61. The van der Waals surface area contributed by atoms with Gasteiger partial charge in [0, 0.05) is 5.75 Å². The van der Waals surface area contributed by atoms with Gasteiger partial charge >= 0.3 is 0 Å². The van der Waals surface area contributed by atoms with Gasteiger partial charge in [0.05, 0.1) is 18.4 Å². The van der Waals surface area contributed by atoms with E-state index in [1.54, 1.807) is 19.4 Å². The van der Waals surface area contributed by atoms with Crippen molar-refractivity contribution >= 4 is 11.8 Å². The van der Waals surface area contributed by atoms with Gasteiger partial charge in [-0.2, -0.15) is 5.26 Å². The Morgan fingerprint density at radius 2 is 2.33 bits per heavy atom. The van der Waals surface area contributed by atoms with Gasteiger partial charge in [-0.1, -0.05) is 17.8 Å². The number of aromatic nitrogens is 1. The number of hydrogen-bond donors (Lipinski definition) is 0. The molecule has 0 bridgehead atoms. The molecule has 4 nitrogen and oxygen atoms in total. The molecule has 0 saturated carbocycles. The lowest BCUT2D eigenvalue weighted by molar-refractivity contribution is 0.413. The molecule has 0 aliphatic rings. The third kappa shape index (κ3) is 2.84. The van der Waals surface area contributed by atoms with Gasteiger partial charge in [0.1, 0.15) is 18.1 Å². The number of rotatable bonds is 4. The third-order valence-electron chi connectivity index (χ3n) is 2.35. The molecule has 0 unspecified atom stereocenters. The Hall–Kier alpha value is -1.93. The second-order valence-corrected chi connectivity index (χ2v) is 4.62. The normalized spacial score (nSPS) is 10.1. The van der Waals surface area contributed by atoms with Crippen molar-refractivity contribution in [3.63, 3.8) is 0 Å². The van der Waals surface area contributed by atoms with E-state index in [-0.39, 0.29) is 0 Å². The van der Waals surface area contributed by atoms with E-state index in [2.05, 4.69) is 11.1 Å². The number of nitriles is 1. The predicted octanol–water partition coefficient (Wildman–Crippen LogP) is 3.16. The average Bonchev–Trinajstić information content (AvgIpc) is 2.81. The van der Waals surface area contributed by atoms with E-state index in [1.807, 2.05) is 19.1 Å². The Morgan fingerprint density at radius 3 is 2.94 bits per heavy atom. The van der Waals surface area contributed by atoms with Crippen LogP contribution in [-0.4, -0.2) is 12.1 Å². The molecular formula is C13H12N2O2S.